The van der Waals surface area contributed by atoms with Gasteiger partial charge in [0.15, 0.2) is 0 Å². The van der Waals surface area contributed by atoms with Crippen molar-refractivity contribution in [1.82, 2.24) is 4.90 Å². The van der Waals surface area contributed by atoms with Crippen LogP contribution in [0.15, 0.2) is 0 Å². The van der Waals surface area contributed by atoms with Crippen LogP contribution >= 0.6 is 0 Å². The van der Waals surface area contributed by atoms with Crippen LogP contribution in [0.1, 0.15) is 26.7 Å². The molecule has 0 saturated carbocycles. The smallest absolute Gasteiger partial charge is 0.111 e. The highest BCUT2D eigenvalue weighted by Gasteiger charge is 2.21. The van der Waals surface area contributed by atoms with E-state index < -0.39 is 0 Å². The van der Waals surface area contributed by atoms with Crippen LogP contribution in [0.5, 0.6) is 0 Å². The number of ether oxygens (including phenoxy) is 1. The van der Waals surface area contributed by atoms with Crippen molar-refractivity contribution < 1.29 is 4.74 Å². The van der Waals surface area contributed by atoms with Crippen molar-refractivity contribution in [1.29, 1.82) is 0 Å². The van der Waals surface area contributed by atoms with E-state index in [4.69, 9.17) is 4.74 Å². The van der Waals surface area contributed by atoms with Crippen molar-refractivity contribution in [3.63, 3.8) is 0 Å². The van der Waals surface area contributed by atoms with Gasteiger partial charge in [-0.15, -0.1) is 5.92 Å². The van der Waals surface area contributed by atoms with Gasteiger partial charge in [-0.25, -0.2) is 0 Å². The predicted octanol–water partition coefficient (Wildman–Crippen LogP) is 1.47. The van der Waals surface area contributed by atoms with Gasteiger partial charge in [-0.05, 0) is 6.42 Å². The summed E-state index contributed by atoms with van der Waals surface area (Å²) < 4.78 is 5.50. The van der Waals surface area contributed by atoms with Crippen LogP contribution in [-0.2, 0) is 4.74 Å². The lowest BCUT2D eigenvalue weighted by Crippen LogP contribution is -2.29. The van der Waals surface area contributed by atoms with Crippen molar-refractivity contribution in [3.05, 3.63) is 0 Å². The Labute approximate surface area is 74.9 Å². The second kappa shape index (κ2) is 5.18. The van der Waals surface area contributed by atoms with Gasteiger partial charge in [-0.2, -0.15) is 0 Å². The lowest BCUT2D eigenvalue weighted by Gasteiger charge is -2.18. The third kappa shape index (κ3) is 2.51. The number of rotatable bonds is 2. The SMILES string of the molecule is CCC#CCN1CCOC1CC. The van der Waals surface area contributed by atoms with Gasteiger partial charge < -0.3 is 4.74 Å². The van der Waals surface area contributed by atoms with Crippen LogP contribution in [0.2, 0.25) is 0 Å². The normalized spacial score (nSPS) is 23.7. The first-order chi connectivity index (χ1) is 5.88. The zero-order valence-corrected chi connectivity index (χ0v) is 7.97. The molecule has 1 aliphatic heterocycles. The zero-order chi connectivity index (χ0) is 8.81. The molecule has 0 aliphatic carbocycles. The molecule has 0 aromatic heterocycles. The summed E-state index contributed by atoms with van der Waals surface area (Å²) in [6, 6.07) is 0. The summed E-state index contributed by atoms with van der Waals surface area (Å²) in [5.41, 5.74) is 0. The second-order valence-electron chi connectivity index (χ2n) is 2.91. The highest BCUT2D eigenvalue weighted by molar-refractivity contribution is 5.00. The van der Waals surface area contributed by atoms with E-state index in [2.05, 4.69) is 30.6 Å². The first-order valence-electron chi connectivity index (χ1n) is 4.69. The standard InChI is InChI=1S/C10H17NO/c1-3-5-6-7-11-8-9-12-10(11)4-2/h10H,3-4,7-9H2,1-2H3. The summed E-state index contributed by atoms with van der Waals surface area (Å²) in [6.07, 6.45) is 2.33. The summed E-state index contributed by atoms with van der Waals surface area (Å²) >= 11 is 0. The topological polar surface area (TPSA) is 12.5 Å². The maximum atomic E-state index is 5.50. The summed E-state index contributed by atoms with van der Waals surface area (Å²) in [6.45, 7) is 7.00. The fourth-order valence-corrected chi connectivity index (χ4v) is 1.39. The number of hydrogen-bond donors (Lipinski definition) is 0. The van der Waals surface area contributed by atoms with Crippen LogP contribution in [0.3, 0.4) is 0 Å². The Balaban J connectivity index is 2.30. The van der Waals surface area contributed by atoms with Crippen molar-refractivity contribution in [3.8, 4) is 11.8 Å². The van der Waals surface area contributed by atoms with E-state index >= 15 is 0 Å². The molecule has 2 heteroatoms. The van der Waals surface area contributed by atoms with Crippen LogP contribution in [0.4, 0.5) is 0 Å². The molecule has 68 valence electrons. The average molecular weight is 167 g/mol. The average Bonchev–Trinajstić information content (AvgIpc) is 2.52. The monoisotopic (exact) mass is 167 g/mol. The Kier molecular flexibility index (Phi) is 4.13. The summed E-state index contributed by atoms with van der Waals surface area (Å²) in [4.78, 5) is 2.29. The molecule has 12 heavy (non-hydrogen) atoms. The minimum absolute atomic E-state index is 0.316. The molecule has 1 unspecified atom stereocenters. The van der Waals surface area contributed by atoms with E-state index in [1.165, 1.54) is 0 Å². The molecule has 0 bridgehead atoms. The Morgan fingerprint density at radius 1 is 1.42 bits per heavy atom. The Morgan fingerprint density at radius 3 is 2.92 bits per heavy atom. The van der Waals surface area contributed by atoms with Gasteiger partial charge in [-0.3, -0.25) is 4.90 Å². The lowest BCUT2D eigenvalue weighted by molar-refractivity contribution is 0.0375. The lowest BCUT2D eigenvalue weighted by atomic mass is 10.3. The molecule has 2 nitrogen and oxygen atoms in total. The van der Waals surface area contributed by atoms with E-state index in [1.54, 1.807) is 0 Å². The van der Waals surface area contributed by atoms with Gasteiger partial charge >= 0.3 is 0 Å². The van der Waals surface area contributed by atoms with Crippen LogP contribution < -0.4 is 0 Å². The fraction of sp³-hybridized carbons (Fsp3) is 0.800. The fourth-order valence-electron chi connectivity index (χ4n) is 1.39. The van der Waals surface area contributed by atoms with E-state index in [1.807, 2.05) is 0 Å². The maximum absolute atomic E-state index is 5.50. The van der Waals surface area contributed by atoms with Crippen molar-refractivity contribution >= 4 is 0 Å². The van der Waals surface area contributed by atoms with Crippen molar-refractivity contribution in [2.24, 2.45) is 0 Å². The Hall–Kier alpha value is -0.520. The quantitative estimate of drug-likeness (QED) is 0.577. The summed E-state index contributed by atoms with van der Waals surface area (Å²) in [7, 11) is 0. The van der Waals surface area contributed by atoms with Crippen LogP contribution in [0.25, 0.3) is 0 Å². The first-order valence-corrected chi connectivity index (χ1v) is 4.69. The highest BCUT2D eigenvalue weighted by atomic mass is 16.5. The highest BCUT2D eigenvalue weighted by Crippen LogP contribution is 2.11. The molecule has 1 rings (SSSR count). The molecular formula is C10H17NO. The van der Waals surface area contributed by atoms with Gasteiger partial charge in [0.05, 0.1) is 13.2 Å². The Bertz CT molecular complexity index is 180. The predicted molar refractivity (Wildman–Crippen MR) is 49.7 cm³/mol. The third-order valence-electron chi connectivity index (χ3n) is 2.03. The first kappa shape index (κ1) is 9.57. The molecule has 1 heterocycles. The van der Waals surface area contributed by atoms with Crippen LogP contribution in [-0.4, -0.2) is 30.8 Å². The summed E-state index contributed by atoms with van der Waals surface area (Å²) in [5, 5.41) is 0. The zero-order valence-electron chi connectivity index (χ0n) is 7.97. The molecular weight excluding hydrogens is 150 g/mol. The second-order valence-corrected chi connectivity index (χ2v) is 2.91. The van der Waals surface area contributed by atoms with Gasteiger partial charge in [0, 0.05) is 13.0 Å². The molecule has 1 fully saturated rings. The van der Waals surface area contributed by atoms with E-state index in [-0.39, 0.29) is 0 Å². The molecule has 0 radical (unpaired) electrons. The van der Waals surface area contributed by atoms with Crippen molar-refractivity contribution in [2.45, 2.75) is 32.9 Å². The molecule has 0 aromatic carbocycles. The van der Waals surface area contributed by atoms with E-state index in [0.29, 0.717) is 6.23 Å². The number of nitrogens with zero attached hydrogens (tertiary/aromatic N) is 1. The number of hydrogen-bond acceptors (Lipinski definition) is 2. The minimum atomic E-state index is 0.316. The molecule has 0 spiro atoms. The molecule has 1 saturated heterocycles. The van der Waals surface area contributed by atoms with Gasteiger partial charge in [0.2, 0.25) is 0 Å². The molecule has 0 amide bonds. The molecule has 1 aliphatic rings. The molecule has 0 N–H and O–H groups in total. The summed E-state index contributed by atoms with van der Waals surface area (Å²) in [5.74, 6) is 6.21. The largest absolute Gasteiger partial charge is 0.362 e. The van der Waals surface area contributed by atoms with E-state index in [0.717, 1.165) is 32.5 Å². The van der Waals surface area contributed by atoms with Gasteiger partial charge in [-0.1, -0.05) is 19.8 Å². The van der Waals surface area contributed by atoms with Gasteiger partial charge in [0.25, 0.3) is 0 Å². The van der Waals surface area contributed by atoms with Crippen LogP contribution in [0, 0.1) is 11.8 Å². The Morgan fingerprint density at radius 2 is 2.25 bits per heavy atom. The third-order valence-corrected chi connectivity index (χ3v) is 2.03. The molecule has 0 aromatic rings. The van der Waals surface area contributed by atoms with Crippen molar-refractivity contribution in [2.75, 3.05) is 19.7 Å². The maximum Gasteiger partial charge on any atom is 0.111 e. The van der Waals surface area contributed by atoms with Gasteiger partial charge in [0.1, 0.15) is 6.23 Å². The minimum Gasteiger partial charge on any atom is -0.362 e. The molecule has 1 atom stereocenters. The van der Waals surface area contributed by atoms with E-state index in [9.17, 15) is 0 Å².